The van der Waals surface area contributed by atoms with E-state index in [0.717, 1.165) is 19.3 Å². The zero-order chi connectivity index (χ0) is 11.3. The molecule has 1 rings (SSSR count). The van der Waals surface area contributed by atoms with Gasteiger partial charge in [0.2, 0.25) is 0 Å². The lowest BCUT2D eigenvalue weighted by molar-refractivity contribution is 0.442. The van der Waals surface area contributed by atoms with E-state index in [1.54, 1.807) is 0 Å². The van der Waals surface area contributed by atoms with Gasteiger partial charge in [-0.25, -0.2) is 0 Å². The second-order valence-corrected chi connectivity index (χ2v) is 4.42. The molecule has 1 heteroatoms. The van der Waals surface area contributed by atoms with Crippen molar-refractivity contribution in [2.75, 3.05) is 0 Å². The standard InChI is InChI=1S/C14H23N/c1-4-12-6-8-13(9-7-12)10-11(3)14(15)5-2/h6-9,11,14H,4-5,10,15H2,1-3H3. The maximum absolute atomic E-state index is 6.02. The van der Waals surface area contributed by atoms with Gasteiger partial charge in [-0.05, 0) is 36.3 Å². The maximum atomic E-state index is 6.02. The summed E-state index contributed by atoms with van der Waals surface area (Å²) in [6.07, 6.45) is 3.28. The number of rotatable bonds is 5. The Labute approximate surface area is 93.7 Å². The Kier molecular flexibility index (Phi) is 4.83. The first kappa shape index (κ1) is 12.3. The highest BCUT2D eigenvalue weighted by Crippen LogP contribution is 2.14. The lowest BCUT2D eigenvalue weighted by Gasteiger charge is -2.18. The van der Waals surface area contributed by atoms with Gasteiger partial charge in [0.15, 0.2) is 0 Å². The highest BCUT2D eigenvalue weighted by Gasteiger charge is 2.10. The van der Waals surface area contributed by atoms with E-state index in [1.807, 2.05) is 0 Å². The molecule has 1 nitrogen and oxygen atoms in total. The summed E-state index contributed by atoms with van der Waals surface area (Å²) in [7, 11) is 0. The molecule has 2 unspecified atom stereocenters. The Hall–Kier alpha value is -0.820. The smallest absolute Gasteiger partial charge is 0.00650 e. The van der Waals surface area contributed by atoms with Gasteiger partial charge in [0.05, 0.1) is 0 Å². The van der Waals surface area contributed by atoms with E-state index in [1.165, 1.54) is 11.1 Å². The van der Waals surface area contributed by atoms with Gasteiger partial charge < -0.3 is 5.73 Å². The molecule has 1 aromatic rings. The number of aryl methyl sites for hydroxylation is 1. The molecule has 0 saturated carbocycles. The van der Waals surface area contributed by atoms with Crippen LogP contribution in [0.2, 0.25) is 0 Å². The molecule has 15 heavy (non-hydrogen) atoms. The summed E-state index contributed by atoms with van der Waals surface area (Å²) in [6.45, 7) is 6.58. The largest absolute Gasteiger partial charge is 0.327 e. The van der Waals surface area contributed by atoms with Crippen molar-refractivity contribution < 1.29 is 0 Å². The van der Waals surface area contributed by atoms with Crippen LogP contribution < -0.4 is 5.73 Å². The third-order valence-electron chi connectivity index (χ3n) is 3.19. The summed E-state index contributed by atoms with van der Waals surface area (Å²) in [5.74, 6) is 0.572. The molecule has 0 saturated heterocycles. The van der Waals surface area contributed by atoms with Gasteiger partial charge in [0.25, 0.3) is 0 Å². The van der Waals surface area contributed by atoms with E-state index in [9.17, 15) is 0 Å². The molecule has 84 valence electrons. The van der Waals surface area contributed by atoms with Crippen LogP contribution in [0.15, 0.2) is 24.3 Å². The van der Waals surface area contributed by atoms with E-state index >= 15 is 0 Å². The quantitative estimate of drug-likeness (QED) is 0.785. The maximum Gasteiger partial charge on any atom is 0.00650 e. The number of hydrogen-bond donors (Lipinski definition) is 1. The molecular formula is C14H23N. The van der Waals surface area contributed by atoms with Crippen LogP contribution in [0.5, 0.6) is 0 Å². The molecule has 0 aromatic heterocycles. The third kappa shape index (κ3) is 3.67. The minimum Gasteiger partial charge on any atom is -0.327 e. The summed E-state index contributed by atoms with van der Waals surface area (Å²) < 4.78 is 0. The average molecular weight is 205 g/mol. The van der Waals surface area contributed by atoms with Crippen LogP contribution in [0.25, 0.3) is 0 Å². The van der Waals surface area contributed by atoms with Gasteiger partial charge in [-0.1, -0.05) is 45.0 Å². The van der Waals surface area contributed by atoms with Gasteiger partial charge in [0.1, 0.15) is 0 Å². The molecule has 0 spiro atoms. The second kappa shape index (κ2) is 5.92. The van der Waals surface area contributed by atoms with E-state index in [2.05, 4.69) is 45.0 Å². The third-order valence-corrected chi connectivity index (χ3v) is 3.19. The molecule has 0 radical (unpaired) electrons. The van der Waals surface area contributed by atoms with Crippen LogP contribution in [0.1, 0.15) is 38.3 Å². The van der Waals surface area contributed by atoms with Crippen LogP contribution in [0.3, 0.4) is 0 Å². The SMILES string of the molecule is CCc1ccc(CC(C)C(N)CC)cc1. The van der Waals surface area contributed by atoms with Crippen LogP contribution >= 0.6 is 0 Å². The zero-order valence-electron chi connectivity index (χ0n) is 10.2. The fourth-order valence-corrected chi connectivity index (χ4v) is 1.84. The van der Waals surface area contributed by atoms with Crippen LogP contribution in [-0.2, 0) is 12.8 Å². The molecule has 0 aliphatic heterocycles. The lowest BCUT2D eigenvalue weighted by Crippen LogP contribution is -2.28. The Balaban J connectivity index is 2.57. The van der Waals surface area contributed by atoms with Crippen molar-refractivity contribution in [2.45, 2.75) is 46.1 Å². The summed E-state index contributed by atoms with van der Waals surface area (Å²) in [6, 6.07) is 9.24. The summed E-state index contributed by atoms with van der Waals surface area (Å²) in [5.41, 5.74) is 8.84. The Morgan fingerprint density at radius 2 is 1.60 bits per heavy atom. The Morgan fingerprint density at radius 3 is 2.07 bits per heavy atom. The van der Waals surface area contributed by atoms with E-state index in [4.69, 9.17) is 5.73 Å². The monoisotopic (exact) mass is 205 g/mol. The van der Waals surface area contributed by atoms with E-state index < -0.39 is 0 Å². The number of benzene rings is 1. The minimum atomic E-state index is 0.329. The summed E-state index contributed by atoms with van der Waals surface area (Å²) in [5, 5.41) is 0. The predicted molar refractivity (Wildman–Crippen MR) is 67.0 cm³/mol. The molecule has 0 amide bonds. The van der Waals surface area contributed by atoms with Crippen LogP contribution in [0, 0.1) is 5.92 Å². The first-order valence-corrected chi connectivity index (χ1v) is 6.00. The Morgan fingerprint density at radius 1 is 1.07 bits per heavy atom. The van der Waals surface area contributed by atoms with Crippen molar-refractivity contribution in [3.8, 4) is 0 Å². The second-order valence-electron chi connectivity index (χ2n) is 4.42. The molecule has 2 N–H and O–H groups in total. The van der Waals surface area contributed by atoms with Gasteiger partial charge in [0, 0.05) is 6.04 Å². The van der Waals surface area contributed by atoms with Crippen molar-refractivity contribution >= 4 is 0 Å². The van der Waals surface area contributed by atoms with E-state index in [0.29, 0.717) is 12.0 Å². The Bertz CT molecular complexity index is 276. The first-order valence-electron chi connectivity index (χ1n) is 6.00. The van der Waals surface area contributed by atoms with Gasteiger partial charge in [-0.15, -0.1) is 0 Å². The van der Waals surface area contributed by atoms with Crippen molar-refractivity contribution in [1.82, 2.24) is 0 Å². The molecule has 0 fully saturated rings. The normalized spacial score (nSPS) is 14.9. The highest BCUT2D eigenvalue weighted by molar-refractivity contribution is 5.22. The topological polar surface area (TPSA) is 26.0 Å². The fraction of sp³-hybridized carbons (Fsp3) is 0.571. The molecule has 2 atom stereocenters. The van der Waals surface area contributed by atoms with Crippen molar-refractivity contribution in [3.63, 3.8) is 0 Å². The molecule has 1 aromatic carbocycles. The van der Waals surface area contributed by atoms with Crippen molar-refractivity contribution in [1.29, 1.82) is 0 Å². The average Bonchev–Trinajstić information content (AvgIpc) is 2.29. The van der Waals surface area contributed by atoms with E-state index in [-0.39, 0.29) is 0 Å². The van der Waals surface area contributed by atoms with Gasteiger partial charge in [-0.2, -0.15) is 0 Å². The zero-order valence-corrected chi connectivity index (χ0v) is 10.2. The minimum absolute atomic E-state index is 0.329. The molecular weight excluding hydrogens is 182 g/mol. The summed E-state index contributed by atoms with van der Waals surface area (Å²) in [4.78, 5) is 0. The summed E-state index contributed by atoms with van der Waals surface area (Å²) >= 11 is 0. The molecule has 0 bridgehead atoms. The van der Waals surface area contributed by atoms with Crippen molar-refractivity contribution in [2.24, 2.45) is 11.7 Å². The molecule has 0 heterocycles. The van der Waals surface area contributed by atoms with Crippen LogP contribution in [0.4, 0.5) is 0 Å². The lowest BCUT2D eigenvalue weighted by atomic mass is 9.92. The molecule has 0 aliphatic rings. The van der Waals surface area contributed by atoms with Gasteiger partial charge >= 0.3 is 0 Å². The predicted octanol–water partition coefficient (Wildman–Crippen LogP) is 3.16. The fourth-order valence-electron chi connectivity index (χ4n) is 1.84. The molecule has 0 aliphatic carbocycles. The highest BCUT2D eigenvalue weighted by atomic mass is 14.6. The number of hydrogen-bond acceptors (Lipinski definition) is 1. The first-order chi connectivity index (χ1) is 7.17. The van der Waals surface area contributed by atoms with Crippen LogP contribution in [-0.4, -0.2) is 6.04 Å². The number of nitrogens with two attached hydrogens (primary N) is 1. The van der Waals surface area contributed by atoms with Crippen molar-refractivity contribution in [3.05, 3.63) is 35.4 Å². The van der Waals surface area contributed by atoms with Gasteiger partial charge in [-0.3, -0.25) is 0 Å².